The first-order valence-electron chi connectivity index (χ1n) is 8.93. The Hall–Kier alpha value is -2.51. The quantitative estimate of drug-likeness (QED) is 0.898. The van der Waals surface area contributed by atoms with Gasteiger partial charge in [0, 0.05) is 25.2 Å². The van der Waals surface area contributed by atoms with Gasteiger partial charge in [-0.15, -0.1) is 0 Å². The van der Waals surface area contributed by atoms with Gasteiger partial charge in [0.05, 0.1) is 5.92 Å². The number of nitrogens with zero attached hydrogens (tertiary/aromatic N) is 6. The molecule has 0 spiro atoms. The van der Waals surface area contributed by atoms with Crippen LogP contribution in [0, 0.1) is 11.8 Å². The molecule has 2 atom stereocenters. The molecule has 0 radical (unpaired) electrons. The summed E-state index contributed by atoms with van der Waals surface area (Å²) >= 11 is 0. The molecule has 1 saturated carbocycles. The Morgan fingerprint density at radius 2 is 1.96 bits per heavy atom. The minimum Gasteiger partial charge on any atom is -0.355 e. The van der Waals surface area contributed by atoms with Gasteiger partial charge in [0.1, 0.15) is 24.8 Å². The molecule has 1 aliphatic heterocycles. The largest absolute Gasteiger partial charge is 0.355 e. The van der Waals surface area contributed by atoms with Gasteiger partial charge in [-0.05, 0) is 18.8 Å². The highest BCUT2D eigenvalue weighted by atomic mass is 16.2. The summed E-state index contributed by atoms with van der Waals surface area (Å²) in [5.41, 5.74) is 0. The molecule has 3 heterocycles. The van der Waals surface area contributed by atoms with Crippen LogP contribution in [0.25, 0.3) is 5.82 Å². The predicted molar refractivity (Wildman–Crippen MR) is 92.2 cm³/mol. The third kappa shape index (κ3) is 3.33. The fourth-order valence-electron chi connectivity index (χ4n) is 3.62. The molecule has 8 heteroatoms. The second kappa shape index (κ2) is 6.78. The van der Waals surface area contributed by atoms with E-state index in [0.29, 0.717) is 30.9 Å². The lowest BCUT2D eigenvalue weighted by molar-refractivity contribution is -0.127. The molecule has 0 aromatic carbocycles. The van der Waals surface area contributed by atoms with Gasteiger partial charge in [0.25, 0.3) is 0 Å². The third-order valence-electron chi connectivity index (χ3n) is 5.31. The number of hydrogen-bond acceptors (Lipinski definition) is 6. The van der Waals surface area contributed by atoms with E-state index in [4.69, 9.17) is 0 Å². The lowest BCUT2D eigenvalue weighted by Crippen LogP contribution is -2.56. The van der Waals surface area contributed by atoms with Crippen molar-refractivity contribution < 1.29 is 4.79 Å². The van der Waals surface area contributed by atoms with Gasteiger partial charge in [-0.3, -0.25) is 4.79 Å². The number of anilines is 1. The Balaban J connectivity index is 1.34. The SMILES string of the molecule is C[C@@H]1CCCC[C@H]1NC(=O)C1CN(c2cc(-n3cncn3)ncn2)C1. The first kappa shape index (κ1) is 16.0. The van der Waals surface area contributed by atoms with Gasteiger partial charge in [-0.1, -0.05) is 19.8 Å². The summed E-state index contributed by atoms with van der Waals surface area (Å²) in [6.07, 6.45) is 9.42. The highest BCUT2D eigenvalue weighted by Crippen LogP contribution is 2.26. The maximum absolute atomic E-state index is 12.5. The van der Waals surface area contributed by atoms with Gasteiger partial charge >= 0.3 is 0 Å². The zero-order valence-corrected chi connectivity index (χ0v) is 14.4. The van der Waals surface area contributed by atoms with E-state index in [0.717, 1.165) is 12.2 Å². The number of rotatable bonds is 4. The number of nitrogens with one attached hydrogen (secondary N) is 1. The van der Waals surface area contributed by atoms with E-state index in [9.17, 15) is 4.79 Å². The van der Waals surface area contributed by atoms with Crippen molar-refractivity contribution in [2.45, 2.75) is 38.6 Å². The molecule has 1 saturated heterocycles. The van der Waals surface area contributed by atoms with Crippen molar-refractivity contribution in [3.8, 4) is 5.82 Å². The van der Waals surface area contributed by atoms with Crippen LogP contribution in [0.2, 0.25) is 0 Å². The third-order valence-corrected chi connectivity index (χ3v) is 5.31. The smallest absolute Gasteiger partial charge is 0.226 e. The molecule has 2 fully saturated rings. The minimum atomic E-state index is 0.0407. The van der Waals surface area contributed by atoms with Crippen molar-refractivity contribution in [1.82, 2.24) is 30.0 Å². The standard InChI is InChI=1S/C17H23N7O/c1-12-4-2-3-5-14(12)22-17(25)13-7-23(8-13)15-6-16(20-10-19-15)24-11-18-9-21-24/h6,9-14H,2-5,7-8H2,1H3,(H,22,25)/t12-,14-/m1/s1. The van der Waals surface area contributed by atoms with Crippen LogP contribution in [0.3, 0.4) is 0 Å². The summed E-state index contributed by atoms with van der Waals surface area (Å²) in [6, 6.07) is 2.21. The molecule has 1 amide bonds. The highest BCUT2D eigenvalue weighted by molar-refractivity contribution is 5.82. The average Bonchev–Trinajstić information content (AvgIpc) is 3.10. The second-order valence-corrected chi connectivity index (χ2v) is 7.05. The van der Waals surface area contributed by atoms with Crippen LogP contribution in [0.5, 0.6) is 0 Å². The number of aromatic nitrogens is 5. The van der Waals surface area contributed by atoms with Crippen LogP contribution < -0.4 is 10.2 Å². The van der Waals surface area contributed by atoms with E-state index in [1.54, 1.807) is 11.0 Å². The van der Waals surface area contributed by atoms with E-state index in [1.807, 2.05) is 6.07 Å². The molecular formula is C17H23N7O. The Kier molecular flexibility index (Phi) is 4.33. The summed E-state index contributed by atoms with van der Waals surface area (Å²) in [4.78, 5) is 27.0. The van der Waals surface area contributed by atoms with Gasteiger partial charge in [0.2, 0.25) is 5.91 Å². The Morgan fingerprint density at radius 1 is 1.16 bits per heavy atom. The monoisotopic (exact) mass is 341 g/mol. The van der Waals surface area contributed by atoms with Crippen LogP contribution in [-0.2, 0) is 4.79 Å². The molecule has 2 aromatic rings. The van der Waals surface area contributed by atoms with Crippen molar-refractivity contribution in [3.05, 3.63) is 25.0 Å². The van der Waals surface area contributed by atoms with Gasteiger partial charge in [0.15, 0.2) is 5.82 Å². The van der Waals surface area contributed by atoms with E-state index in [1.165, 1.54) is 31.9 Å². The fourth-order valence-corrected chi connectivity index (χ4v) is 3.62. The molecule has 1 aliphatic carbocycles. The van der Waals surface area contributed by atoms with E-state index in [2.05, 4.69) is 37.2 Å². The summed E-state index contributed by atoms with van der Waals surface area (Å²) < 4.78 is 1.60. The van der Waals surface area contributed by atoms with Crippen LogP contribution >= 0.6 is 0 Å². The minimum absolute atomic E-state index is 0.0407. The summed E-state index contributed by atoms with van der Waals surface area (Å²) in [6.45, 7) is 3.63. The first-order valence-corrected chi connectivity index (χ1v) is 8.93. The Morgan fingerprint density at radius 3 is 2.72 bits per heavy atom. The Labute approximate surface area is 146 Å². The molecular weight excluding hydrogens is 318 g/mol. The van der Waals surface area contributed by atoms with Crippen LogP contribution in [-0.4, -0.2) is 49.8 Å². The fraction of sp³-hybridized carbons (Fsp3) is 0.588. The van der Waals surface area contributed by atoms with Crippen molar-refractivity contribution in [3.63, 3.8) is 0 Å². The van der Waals surface area contributed by atoms with E-state index in [-0.39, 0.29) is 11.8 Å². The van der Waals surface area contributed by atoms with Gasteiger partial charge in [-0.2, -0.15) is 5.10 Å². The van der Waals surface area contributed by atoms with E-state index < -0.39 is 0 Å². The molecule has 0 unspecified atom stereocenters. The molecule has 4 rings (SSSR count). The number of hydrogen-bond donors (Lipinski definition) is 1. The molecule has 8 nitrogen and oxygen atoms in total. The topological polar surface area (TPSA) is 88.8 Å². The maximum Gasteiger partial charge on any atom is 0.226 e. The average molecular weight is 341 g/mol. The molecule has 1 N–H and O–H groups in total. The number of carbonyl (C=O) groups is 1. The Bertz CT molecular complexity index is 726. The zero-order valence-electron chi connectivity index (χ0n) is 14.4. The van der Waals surface area contributed by atoms with Crippen molar-refractivity contribution in [1.29, 1.82) is 0 Å². The van der Waals surface area contributed by atoms with Crippen LogP contribution in [0.1, 0.15) is 32.6 Å². The zero-order chi connectivity index (χ0) is 17.2. The second-order valence-electron chi connectivity index (χ2n) is 7.05. The number of carbonyl (C=O) groups excluding carboxylic acids is 1. The summed E-state index contributed by atoms with van der Waals surface area (Å²) in [7, 11) is 0. The van der Waals surface area contributed by atoms with Crippen molar-refractivity contribution in [2.24, 2.45) is 11.8 Å². The van der Waals surface area contributed by atoms with Crippen molar-refractivity contribution in [2.75, 3.05) is 18.0 Å². The normalized spacial score (nSPS) is 24.0. The van der Waals surface area contributed by atoms with Crippen LogP contribution in [0.15, 0.2) is 25.0 Å². The molecule has 25 heavy (non-hydrogen) atoms. The molecule has 2 aliphatic rings. The summed E-state index contributed by atoms with van der Waals surface area (Å²) in [5, 5.41) is 7.33. The van der Waals surface area contributed by atoms with Gasteiger partial charge < -0.3 is 10.2 Å². The highest BCUT2D eigenvalue weighted by Gasteiger charge is 2.35. The first-order chi connectivity index (χ1) is 12.2. The number of amides is 1. The molecule has 0 bridgehead atoms. The summed E-state index contributed by atoms with van der Waals surface area (Å²) in [5.74, 6) is 2.29. The van der Waals surface area contributed by atoms with Crippen molar-refractivity contribution >= 4 is 11.7 Å². The molecule has 2 aromatic heterocycles. The predicted octanol–water partition coefficient (Wildman–Crippen LogP) is 1.19. The lowest BCUT2D eigenvalue weighted by atomic mass is 9.85. The van der Waals surface area contributed by atoms with Gasteiger partial charge in [-0.25, -0.2) is 19.6 Å². The maximum atomic E-state index is 12.5. The molecule has 132 valence electrons. The lowest BCUT2D eigenvalue weighted by Gasteiger charge is -2.40. The van der Waals surface area contributed by atoms with E-state index >= 15 is 0 Å². The van der Waals surface area contributed by atoms with Crippen LogP contribution in [0.4, 0.5) is 5.82 Å².